The summed E-state index contributed by atoms with van der Waals surface area (Å²) in [6.45, 7) is 5.63. The molecule has 0 spiro atoms. The lowest BCUT2D eigenvalue weighted by molar-refractivity contribution is 0.336. The third-order valence-corrected chi connectivity index (χ3v) is 8.00. The van der Waals surface area contributed by atoms with Crippen LogP contribution in [-0.2, 0) is 10.0 Å². The van der Waals surface area contributed by atoms with Crippen LogP contribution in [0.5, 0.6) is 0 Å². The summed E-state index contributed by atoms with van der Waals surface area (Å²) < 4.78 is 40.4. The van der Waals surface area contributed by atoms with Gasteiger partial charge in [-0.1, -0.05) is 11.3 Å². The molecule has 1 aliphatic rings. The molecule has 26 heavy (non-hydrogen) atoms. The fraction of sp³-hybridized carbons (Fsp3) is 0.611. The fourth-order valence-electron chi connectivity index (χ4n) is 3.09. The number of hydrogen-bond donors (Lipinski definition) is 2. The summed E-state index contributed by atoms with van der Waals surface area (Å²) in [5.41, 5.74) is 0.809. The van der Waals surface area contributed by atoms with Crippen molar-refractivity contribution in [3.8, 4) is 0 Å². The van der Waals surface area contributed by atoms with Crippen molar-refractivity contribution in [2.45, 2.75) is 57.2 Å². The lowest BCUT2D eigenvalue weighted by Crippen LogP contribution is -2.42. The molecule has 0 bridgehead atoms. The SMILES string of the molecule is CC(C)(C)S(=O)(=O)NCC1CCC(Nc2nc3ccc(F)cc3s2)CC1. The topological polar surface area (TPSA) is 71.1 Å². The highest BCUT2D eigenvalue weighted by Gasteiger charge is 2.30. The van der Waals surface area contributed by atoms with Gasteiger partial charge < -0.3 is 5.32 Å². The van der Waals surface area contributed by atoms with Crippen LogP contribution in [0.1, 0.15) is 46.5 Å². The minimum Gasteiger partial charge on any atom is -0.359 e. The van der Waals surface area contributed by atoms with Crippen LogP contribution in [0.4, 0.5) is 9.52 Å². The highest BCUT2D eigenvalue weighted by Crippen LogP contribution is 2.31. The Kier molecular flexibility index (Phi) is 5.55. The second-order valence-electron chi connectivity index (χ2n) is 7.96. The Labute approximate surface area is 158 Å². The zero-order valence-electron chi connectivity index (χ0n) is 15.4. The van der Waals surface area contributed by atoms with Gasteiger partial charge in [0.05, 0.1) is 15.0 Å². The average Bonchev–Trinajstić information content (AvgIpc) is 2.94. The van der Waals surface area contributed by atoms with E-state index in [9.17, 15) is 12.8 Å². The molecule has 0 unspecified atom stereocenters. The minimum absolute atomic E-state index is 0.245. The molecule has 1 aromatic heterocycles. The molecule has 5 nitrogen and oxygen atoms in total. The maximum absolute atomic E-state index is 13.3. The number of fused-ring (bicyclic) bond motifs is 1. The van der Waals surface area contributed by atoms with Crippen LogP contribution in [0, 0.1) is 11.7 Å². The largest absolute Gasteiger partial charge is 0.359 e. The van der Waals surface area contributed by atoms with Gasteiger partial charge in [-0.3, -0.25) is 0 Å². The van der Waals surface area contributed by atoms with Gasteiger partial charge in [0.25, 0.3) is 0 Å². The average molecular weight is 400 g/mol. The molecule has 1 fully saturated rings. The van der Waals surface area contributed by atoms with Crippen LogP contribution in [-0.4, -0.2) is 30.7 Å². The van der Waals surface area contributed by atoms with Gasteiger partial charge in [0.2, 0.25) is 10.0 Å². The van der Waals surface area contributed by atoms with E-state index in [1.54, 1.807) is 26.8 Å². The molecule has 0 amide bonds. The summed E-state index contributed by atoms with van der Waals surface area (Å²) in [4.78, 5) is 4.51. The number of halogens is 1. The Hall–Kier alpha value is -1.25. The quantitative estimate of drug-likeness (QED) is 0.793. The standard InChI is InChI=1S/C18H26FN3O2S2/c1-18(2,3)26(23,24)20-11-12-4-7-14(8-5-12)21-17-22-15-9-6-13(19)10-16(15)25-17/h6,9-10,12,14,20H,4-5,7-8,11H2,1-3H3,(H,21,22). The van der Waals surface area contributed by atoms with E-state index in [4.69, 9.17) is 0 Å². The monoisotopic (exact) mass is 399 g/mol. The van der Waals surface area contributed by atoms with E-state index in [2.05, 4.69) is 15.0 Å². The summed E-state index contributed by atoms with van der Waals surface area (Å²) >= 11 is 1.47. The number of hydrogen-bond acceptors (Lipinski definition) is 5. The third kappa shape index (κ3) is 4.53. The number of sulfonamides is 1. The van der Waals surface area contributed by atoms with Crippen LogP contribution >= 0.6 is 11.3 Å². The Bertz CT molecular complexity index is 866. The van der Waals surface area contributed by atoms with Crippen molar-refractivity contribution < 1.29 is 12.8 Å². The Morgan fingerprint density at radius 1 is 1.23 bits per heavy atom. The van der Waals surface area contributed by atoms with Crippen LogP contribution < -0.4 is 10.0 Å². The molecule has 0 atom stereocenters. The maximum atomic E-state index is 13.3. The fourth-order valence-corrected chi connectivity index (χ4v) is 4.95. The van der Waals surface area contributed by atoms with Crippen molar-refractivity contribution in [3.63, 3.8) is 0 Å². The molecule has 1 aromatic carbocycles. The number of anilines is 1. The van der Waals surface area contributed by atoms with Gasteiger partial charge in [-0.05, 0) is 70.6 Å². The van der Waals surface area contributed by atoms with Gasteiger partial charge in [0.1, 0.15) is 5.82 Å². The van der Waals surface area contributed by atoms with E-state index in [1.165, 1.54) is 23.5 Å². The Morgan fingerprint density at radius 3 is 2.58 bits per heavy atom. The molecule has 0 saturated heterocycles. The van der Waals surface area contributed by atoms with Gasteiger partial charge in [-0.2, -0.15) is 0 Å². The van der Waals surface area contributed by atoms with Gasteiger partial charge >= 0.3 is 0 Å². The molecule has 2 N–H and O–H groups in total. The van der Waals surface area contributed by atoms with E-state index in [-0.39, 0.29) is 5.82 Å². The number of thiazole rings is 1. The molecule has 0 aliphatic heterocycles. The minimum atomic E-state index is -3.28. The van der Waals surface area contributed by atoms with Crippen LogP contribution in [0.2, 0.25) is 0 Å². The van der Waals surface area contributed by atoms with Crippen molar-refractivity contribution >= 4 is 36.7 Å². The molecular weight excluding hydrogens is 373 g/mol. The molecule has 1 aliphatic carbocycles. The maximum Gasteiger partial charge on any atom is 0.216 e. The molecule has 0 radical (unpaired) electrons. The second-order valence-corrected chi connectivity index (χ2v) is 11.5. The number of rotatable bonds is 5. The number of benzene rings is 1. The van der Waals surface area contributed by atoms with Gasteiger partial charge in [0, 0.05) is 12.6 Å². The molecular formula is C18H26FN3O2S2. The van der Waals surface area contributed by atoms with Crippen molar-refractivity contribution in [2.24, 2.45) is 5.92 Å². The molecule has 1 heterocycles. The van der Waals surface area contributed by atoms with Crippen LogP contribution in [0.3, 0.4) is 0 Å². The van der Waals surface area contributed by atoms with Crippen LogP contribution in [0.15, 0.2) is 18.2 Å². The second kappa shape index (κ2) is 7.40. The van der Waals surface area contributed by atoms with E-state index >= 15 is 0 Å². The Balaban J connectivity index is 1.50. The molecule has 3 rings (SSSR count). The van der Waals surface area contributed by atoms with E-state index < -0.39 is 14.8 Å². The van der Waals surface area contributed by atoms with Crippen molar-refractivity contribution in [3.05, 3.63) is 24.0 Å². The van der Waals surface area contributed by atoms with E-state index in [0.29, 0.717) is 18.5 Å². The molecule has 2 aromatic rings. The smallest absolute Gasteiger partial charge is 0.216 e. The highest BCUT2D eigenvalue weighted by molar-refractivity contribution is 7.90. The molecule has 144 valence electrons. The van der Waals surface area contributed by atoms with Gasteiger partial charge in [-0.25, -0.2) is 22.5 Å². The van der Waals surface area contributed by atoms with E-state index in [1.807, 2.05) is 0 Å². The summed E-state index contributed by atoms with van der Waals surface area (Å²) in [7, 11) is -3.28. The Morgan fingerprint density at radius 2 is 1.92 bits per heavy atom. The summed E-state index contributed by atoms with van der Waals surface area (Å²) in [5, 5.41) is 4.27. The molecule has 1 saturated carbocycles. The zero-order chi connectivity index (χ0) is 18.9. The van der Waals surface area contributed by atoms with Crippen molar-refractivity contribution in [1.82, 2.24) is 9.71 Å². The summed E-state index contributed by atoms with van der Waals surface area (Å²) in [5.74, 6) is 0.126. The first-order valence-corrected chi connectivity index (χ1v) is 11.3. The van der Waals surface area contributed by atoms with Crippen molar-refractivity contribution in [2.75, 3.05) is 11.9 Å². The first-order chi connectivity index (χ1) is 12.1. The normalized spacial score (nSPS) is 21.8. The number of nitrogens with zero attached hydrogens (tertiary/aromatic N) is 1. The third-order valence-electron chi connectivity index (χ3n) is 4.89. The summed E-state index contributed by atoms with van der Waals surface area (Å²) in [6, 6.07) is 4.97. The highest BCUT2D eigenvalue weighted by atomic mass is 32.2. The van der Waals surface area contributed by atoms with Gasteiger partial charge in [-0.15, -0.1) is 0 Å². The summed E-state index contributed by atoms with van der Waals surface area (Å²) in [6.07, 6.45) is 3.91. The predicted molar refractivity (Wildman–Crippen MR) is 106 cm³/mol. The van der Waals surface area contributed by atoms with Gasteiger partial charge in [0.15, 0.2) is 5.13 Å². The van der Waals surface area contributed by atoms with E-state index in [0.717, 1.165) is 41.0 Å². The molecule has 8 heteroatoms. The first-order valence-electron chi connectivity index (χ1n) is 8.96. The van der Waals surface area contributed by atoms with Crippen LogP contribution in [0.25, 0.3) is 10.2 Å². The number of nitrogens with one attached hydrogen (secondary N) is 2. The lowest BCUT2D eigenvalue weighted by atomic mass is 9.86. The first kappa shape index (κ1) is 19.5. The van der Waals surface area contributed by atoms with Crippen molar-refractivity contribution in [1.29, 1.82) is 0 Å². The number of aromatic nitrogens is 1. The lowest BCUT2D eigenvalue weighted by Gasteiger charge is -2.30. The zero-order valence-corrected chi connectivity index (χ0v) is 17.0. The predicted octanol–water partition coefficient (Wildman–Crippen LogP) is 4.12.